The van der Waals surface area contributed by atoms with E-state index in [-0.39, 0.29) is 24.3 Å². The van der Waals surface area contributed by atoms with Crippen molar-refractivity contribution in [2.24, 2.45) is 11.7 Å². The van der Waals surface area contributed by atoms with Crippen molar-refractivity contribution in [3.63, 3.8) is 0 Å². The lowest BCUT2D eigenvalue weighted by molar-refractivity contribution is -0.137. The van der Waals surface area contributed by atoms with Crippen molar-refractivity contribution in [1.29, 1.82) is 0 Å². The average Bonchev–Trinajstić information content (AvgIpc) is 2.18. The maximum Gasteiger partial charge on any atom is 0.305 e. The van der Waals surface area contributed by atoms with Gasteiger partial charge < -0.3 is 16.2 Å². The molecule has 94 valence electrons. The van der Waals surface area contributed by atoms with Crippen LogP contribution >= 0.6 is 0 Å². The fourth-order valence-corrected chi connectivity index (χ4v) is 1.56. The van der Waals surface area contributed by atoms with Gasteiger partial charge in [-0.15, -0.1) is 0 Å². The van der Waals surface area contributed by atoms with E-state index in [0.717, 1.165) is 6.42 Å². The number of amides is 1. The first kappa shape index (κ1) is 14.9. The summed E-state index contributed by atoms with van der Waals surface area (Å²) in [6, 6.07) is -0.282. The number of nitrogens with one attached hydrogen (secondary N) is 1. The van der Waals surface area contributed by atoms with E-state index in [1.54, 1.807) is 0 Å². The van der Waals surface area contributed by atoms with Gasteiger partial charge in [-0.3, -0.25) is 9.59 Å². The van der Waals surface area contributed by atoms with Gasteiger partial charge >= 0.3 is 5.97 Å². The molecule has 0 aromatic heterocycles. The standard InChI is InChI=1S/C11H22N2O3/c1-3-5-9(6-10(14)15)13-11(16)8(4-2)7-12/h8-9H,3-7,12H2,1-2H3,(H,13,16)(H,14,15). The van der Waals surface area contributed by atoms with E-state index in [1.165, 1.54) is 0 Å². The van der Waals surface area contributed by atoms with Crippen molar-refractivity contribution in [2.45, 2.75) is 45.6 Å². The monoisotopic (exact) mass is 230 g/mol. The lowest BCUT2D eigenvalue weighted by Crippen LogP contribution is -2.42. The summed E-state index contributed by atoms with van der Waals surface area (Å²) in [6.07, 6.45) is 2.17. The summed E-state index contributed by atoms with van der Waals surface area (Å²) in [6.45, 7) is 4.15. The Bertz CT molecular complexity index is 227. The predicted octanol–water partition coefficient (Wildman–Crippen LogP) is 0.731. The second-order valence-electron chi connectivity index (χ2n) is 3.93. The van der Waals surface area contributed by atoms with Gasteiger partial charge in [0.25, 0.3) is 0 Å². The van der Waals surface area contributed by atoms with Crippen LogP contribution in [0.5, 0.6) is 0 Å². The Labute approximate surface area is 96.4 Å². The summed E-state index contributed by atoms with van der Waals surface area (Å²) in [5, 5.41) is 11.5. The molecule has 0 aliphatic rings. The first-order valence-electron chi connectivity index (χ1n) is 5.77. The van der Waals surface area contributed by atoms with Gasteiger partial charge in [0.15, 0.2) is 0 Å². The lowest BCUT2D eigenvalue weighted by Gasteiger charge is -2.19. The molecule has 0 saturated heterocycles. The molecule has 4 N–H and O–H groups in total. The van der Waals surface area contributed by atoms with Crippen LogP contribution in [-0.4, -0.2) is 29.6 Å². The van der Waals surface area contributed by atoms with Crippen LogP contribution in [0, 0.1) is 5.92 Å². The molecule has 0 aromatic rings. The van der Waals surface area contributed by atoms with Crippen LogP contribution in [0.3, 0.4) is 0 Å². The van der Waals surface area contributed by atoms with E-state index >= 15 is 0 Å². The molecule has 0 radical (unpaired) electrons. The fourth-order valence-electron chi connectivity index (χ4n) is 1.56. The van der Waals surface area contributed by atoms with E-state index in [2.05, 4.69) is 5.32 Å². The Morgan fingerprint density at radius 3 is 2.38 bits per heavy atom. The Hall–Kier alpha value is -1.10. The van der Waals surface area contributed by atoms with Gasteiger partial charge in [0, 0.05) is 18.5 Å². The van der Waals surface area contributed by atoms with E-state index in [0.29, 0.717) is 19.4 Å². The molecule has 0 aliphatic carbocycles. The predicted molar refractivity (Wildman–Crippen MR) is 61.9 cm³/mol. The number of hydrogen-bond acceptors (Lipinski definition) is 3. The number of aliphatic carboxylic acids is 1. The van der Waals surface area contributed by atoms with E-state index in [9.17, 15) is 9.59 Å². The molecule has 0 saturated carbocycles. The van der Waals surface area contributed by atoms with Gasteiger partial charge in [-0.05, 0) is 12.8 Å². The molecule has 2 unspecified atom stereocenters. The number of hydrogen-bond donors (Lipinski definition) is 3. The molecule has 2 atom stereocenters. The highest BCUT2D eigenvalue weighted by molar-refractivity contribution is 5.79. The van der Waals surface area contributed by atoms with E-state index in [1.807, 2.05) is 13.8 Å². The van der Waals surface area contributed by atoms with Crippen LogP contribution in [0.4, 0.5) is 0 Å². The molecule has 0 fully saturated rings. The Morgan fingerprint density at radius 2 is 2.00 bits per heavy atom. The third-order valence-corrected chi connectivity index (χ3v) is 2.55. The normalized spacial score (nSPS) is 14.2. The van der Waals surface area contributed by atoms with Gasteiger partial charge in [0.1, 0.15) is 0 Å². The Kier molecular flexibility index (Phi) is 7.54. The van der Waals surface area contributed by atoms with Gasteiger partial charge in [-0.1, -0.05) is 20.3 Å². The molecular weight excluding hydrogens is 208 g/mol. The molecule has 5 nitrogen and oxygen atoms in total. The molecule has 0 rings (SSSR count). The quantitative estimate of drug-likeness (QED) is 0.573. The third-order valence-electron chi connectivity index (χ3n) is 2.55. The van der Waals surface area contributed by atoms with Crippen molar-refractivity contribution < 1.29 is 14.7 Å². The number of carboxylic acids is 1. The fraction of sp³-hybridized carbons (Fsp3) is 0.818. The molecule has 0 aliphatic heterocycles. The van der Waals surface area contributed by atoms with Crippen LogP contribution in [-0.2, 0) is 9.59 Å². The summed E-state index contributed by atoms with van der Waals surface area (Å²) in [4.78, 5) is 22.3. The van der Waals surface area contributed by atoms with Crippen LogP contribution < -0.4 is 11.1 Å². The minimum atomic E-state index is -0.889. The molecular formula is C11H22N2O3. The Balaban J connectivity index is 4.26. The number of carbonyl (C=O) groups is 2. The zero-order valence-electron chi connectivity index (χ0n) is 10.0. The summed E-state index contributed by atoms with van der Waals surface area (Å²) >= 11 is 0. The number of rotatable bonds is 8. The molecule has 0 bridgehead atoms. The second-order valence-corrected chi connectivity index (χ2v) is 3.93. The zero-order valence-corrected chi connectivity index (χ0v) is 10.0. The van der Waals surface area contributed by atoms with Gasteiger partial charge in [-0.2, -0.15) is 0 Å². The summed E-state index contributed by atoms with van der Waals surface area (Å²) in [5.41, 5.74) is 5.46. The Morgan fingerprint density at radius 1 is 1.38 bits per heavy atom. The molecule has 0 heterocycles. The molecule has 0 spiro atoms. The van der Waals surface area contributed by atoms with E-state index < -0.39 is 5.97 Å². The largest absolute Gasteiger partial charge is 0.481 e. The smallest absolute Gasteiger partial charge is 0.305 e. The highest BCUT2D eigenvalue weighted by Gasteiger charge is 2.19. The van der Waals surface area contributed by atoms with Crippen molar-refractivity contribution in [3.05, 3.63) is 0 Å². The first-order chi connectivity index (χ1) is 7.54. The third kappa shape index (κ3) is 5.70. The zero-order chi connectivity index (χ0) is 12.6. The number of carbonyl (C=O) groups excluding carboxylic acids is 1. The topological polar surface area (TPSA) is 92.4 Å². The van der Waals surface area contributed by atoms with Gasteiger partial charge in [-0.25, -0.2) is 0 Å². The van der Waals surface area contributed by atoms with Crippen LogP contribution in [0.2, 0.25) is 0 Å². The van der Waals surface area contributed by atoms with Crippen molar-refractivity contribution >= 4 is 11.9 Å². The molecule has 16 heavy (non-hydrogen) atoms. The second kappa shape index (κ2) is 8.10. The number of carboxylic acid groups (broad SMARTS) is 1. The minimum absolute atomic E-state index is 0.0272. The van der Waals surface area contributed by atoms with Gasteiger partial charge in [0.2, 0.25) is 5.91 Å². The van der Waals surface area contributed by atoms with Crippen LogP contribution in [0.15, 0.2) is 0 Å². The highest BCUT2D eigenvalue weighted by atomic mass is 16.4. The number of nitrogens with two attached hydrogens (primary N) is 1. The van der Waals surface area contributed by atoms with Crippen LogP contribution in [0.1, 0.15) is 39.5 Å². The van der Waals surface area contributed by atoms with E-state index in [4.69, 9.17) is 10.8 Å². The molecule has 5 heteroatoms. The highest BCUT2D eigenvalue weighted by Crippen LogP contribution is 2.06. The lowest BCUT2D eigenvalue weighted by atomic mass is 10.0. The first-order valence-corrected chi connectivity index (χ1v) is 5.77. The maximum absolute atomic E-state index is 11.7. The summed E-state index contributed by atoms with van der Waals surface area (Å²) in [5.74, 6) is -1.24. The van der Waals surface area contributed by atoms with Gasteiger partial charge in [0.05, 0.1) is 6.42 Å². The summed E-state index contributed by atoms with van der Waals surface area (Å²) in [7, 11) is 0. The van der Waals surface area contributed by atoms with Crippen LogP contribution in [0.25, 0.3) is 0 Å². The SMILES string of the molecule is CCCC(CC(=O)O)NC(=O)C(CC)CN. The summed E-state index contributed by atoms with van der Waals surface area (Å²) < 4.78 is 0. The van der Waals surface area contributed by atoms with Crippen molar-refractivity contribution in [3.8, 4) is 0 Å². The molecule has 0 aromatic carbocycles. The molecule has 1 amide bonds. The van der Waals surface area contributed by atoms with Crippen molar-refractivity contribution in [2.75, 3.05) is 6.54 Å². The average molecular weight is 230 g/mol. The maximum atomic E-state index is 11.7. The minimum Gasteiger partial charge on any atom is -0.481 e. The van der Waals surface area contributed by atoms with Crippen molar-refractivity contribution in [1.82, 2.24) is 5.32 Å².